The highest BCUT2D eigenvalue weighted by molar-refractivity contribution is 5.44. The minimum Gasteiger partial charge on any atom is -0.406 e. The van der Waals surface area contributed by atoms with Gasteiger partial charge in [0.2, 0.25) is 0 Å². The van der Waals surface area contributed by atoms with Crippen LogP contribution in [0.2, 0.25) is 0 Å². The summed E-state index contributed by atoms with van der Waals surface area (Å²) in [6, 6.07) is 2.15. The molecule has 1 aromatic rings. The van der Waals surface area contributed by atoms with Gasteiger partial charge in [0.15, 0.2) is 0 Å². The molecule has 0 aliphatic heterocycles. The van der Waals surface area contributed by atoms with E-state index in [0.717, 1.165) is 12.1 Å². The quantitative estimate of drug-likeness (QED) is 0.866. The summed E-state index contributed by atoms with van der Waals surface area (Å²) in [5.41, 5.74) is -0.0616. The molecule has 0 aliphatic carbocycles. The summed E-state index contributed by atoms with van der Waals surface area (Å²) in [5, 5.41) is 8.87. The summed E-state index contributed by atoms with van der Waals surface area (Å²) >= 11 is 0. The lowest BCUT2D eigenvalue weighted by molar-refractivity contribution is -0.276. The molecule has 0 atom stereocenters. The van der Waals surface area contributed by atoms with Crippen molar-refractivity contribution in [3.05, 3.63) is 29.7 Å². The van der Waals surface area contributed by atoms with Crippen molar-refractivity contribution in [2.45, 2.75) is 19.6 Å². The monoisotopic (exact) mass is 303 g/mol. The number of hydrogen-bond acceptors (Lipinski definition) is 3. The van der Waals surface area contributed by atoms with Crippen LogP contribution in [0.25, 0.3) is 0 Å². The van der Waals surface area contributed by atoms with Gasteiger partial charge in [0.25, 0.3) is 0 Å². The highest BCUT2D eigenvalue weighted by Crippen LogP contribution is 2.33. The molecule has 1 radical (unpaired) electrons. The summed E-state index contributed by atoms with van der Waals surface area (Å²) in [6.45, 7) is 0.797. The Morgan fingerprint density at radius 3 is 1.65 bits per heavy atom. The van der Waals surface area contributed by atoms with Crippen LogP contribution in [0.15, 0.2) is 18.2 Å². The summed E-state index contributed by atoms with van der Waals surface area (Å²) in [4.78, 5) is 0. The zero-order valence-corrected chi connectivity index (χ0v) is 9.97. The van der Waals surface area contributed by atoms with Crippen LogP contribution in [-0.2, 0) is 0 Å². The van der Waals surface area contributed by atoms with Crippen LogP contribution < -0.4 is 9.47 Å². The maximum absolute atomic E-state index is 12.1. The van der Waals surface area contributed by atoms with Gasteiger partial charge in [-0.1, -0.05) is 6.92 Å². The predicted octanol–water partition coefficient (Wildman–Crippen LogP) is 3.42. The number of rotatable bonds is 4. The van der Waals surface area contributed by atoms with Gasteiger partial charge in [-0.05, 0) is 17.7 Å². The van der Waals surface area contributed by atoms with E-state index in [2.05, 4.69) is 9.47 Å². The first-order chi connectivity index (χ1) is 9.00. The maximum Gasteiger partial charge on any atom is 0.573 e. The molecule has 1 N–H and O–H groups in total. The molecule has 0 heterocycles. The Morgan fingerprint density at radius 1 is 0.950 bits per heavy atom. The fraction of sp³-hybridized carbons (Fsp3) is 0.364. The van der Waals surface area contributed by atoms with E-state index in [1.54, 1.807) is 0 Å². The normalized spacial score (nSPS) is 12.7. The number of benzene rings is 1. The molecule has 0 bridgehead atoms. The van der Waals surface area contributed by atoms with Crippen molar-refractivity contribution >= 4 is 0 Å². The van der Waals surface area contributed by atoms with Gasteiger partial charge in [0, 0.05) is 12.0 Å². The Kier molecular flexibility index (Phi) is 4.74. The molecule has 0 saturated carbocycles. The number of aliphatic hydroxyl groups excluding tert-OH is 1. The molecule has 113 valence electrons. The third-order valence-corrected chi connectivity index (χ3v) is 2.08. The van der Waals surface area contributed by atoms with Crippen LogP contribution in [0.1, 0.15) is 12.5 Å². The molecule has 0 amide bonds. The molecule has 20 heavy (non-hydrogen) atoms. The van der Waals surface area contributed by atoms with E-state index in [1.807, 2.05) is 0 Å². The number of halogens is 6. The smallest absolute Gasteiger partial charge is 0.406 e. The van der Waals surface area contributed by atoms with E-state index < -0.39 is 30.8 Å². The second kappa shape index (κ2) is 5.78. The minimum atomic E-state index is -5.05. The molecule has 1 aromatic carbocycles. The Bertz CT molecular complexity index is 420. The van der Waals surface area contributed by atoms with Gasteiger partial charge in [-0.3, -0.25) is 0 Å². The van der Waals surface area contributed by atoms with Crippen molar-refractivity contribution < 1.29 is 40.9 Å². The van der Waals surface area contributed by atoms with Gasteiger partial charge in [-0.15, -0.1) is 26.3 Å². The molecule has 1 rings (SSSR count). The van der Waals surface area contributed by atoms with Crippen LogP contribution in [0.3, 0.4) is 0 Å². The number of aliphatic hydroxyl groups is 1. The fourth-order valence-electron chi connectivity index (χ4n) is 1.29. The number of ether oxygens (including phenoxy) is 2. The lowest BCUT2D eigenvalue weighted by Gasteiger charge is -2.16. The Morgan fingerprint density at radius 2 is 1.35 bits per heavy atom. The molecular formula is C11H9F6O3. The van der Waals surface area contributed by atoms with Gasteiger partial charge < -0.3 is 14.6 Å². The van der Waals surface area contributed by atoms with Crippen LogP contribution in [0.5, 0.6) is 11.5 Å². The molecule has 0 fully saturated rings. The Labute approximate surface area is 109 Å². The van der Waals surface area contributed by atoms with Crippen LogP contribution in [0.4, 0.5) is 26.3 Å². The van der Waals surface area contributed by atoms with Gasteiger partial charge in [-0.2, -0.15) is 0 Å². The average Bonchev–Trinajstić information content (AvgIpc) is 2.22. The van der Waals surface area contributed by atoms with Crippen LogP contribution >= 0.6 is 0 Å². The van der Waals surface area contributed by atoms with Crippen molar-refractivity contribution in [1.82, 2.24) is 0 Å². The third kappa shape index (κ3) is 5.55. The van der Waals surface area contributed by atoms with Gasteiger partial charge in [0.1, 0.15) is 11.5 Å². The molecule has 9 heteroatoms. The van der Waals surface area contributed by atoms with Crippen molar-refractivity contribution in [3.63, 3.8) is 0 Å². The first-order valence-electron chi connectivity index (χ1n) is 5.10. The molecule has 0 aromatic heterocycles. The second-order valence-corrected chi connectivity index (χ2v) is 3.73. The summed E-state index contributed by atoms with van der Waals surface area (Å²) in [6.07, 6.45) is -10.1. The standard InChI is InChI=1S/C11H9F6O3/c1-6(5-18)7-2-8(19-10(12,13)14)4-9(3-7)20-11(15,16)17/h2-4,18H,5H2,1H3. The van der Waals surface area contributed by atoms with Crippen molar-refractivity contribution in [2.24, 2.45) is 0 Å². The van der Waals surface area contributed by atoms with Crippen molar-refractivity contribution in [2.75, 3.05) is 6.61 Å². The maximum atomic E-state index is 12.1. The van der Waals surface area contributed by atoms with E-state index in [1.165, 1.54) is 6.92 Å². The third-order valence-electron chi connectivity index (χ3n) is 2.08. The number of alkyl halides is 6. The van der Waals surface area contributed by atoms with Crippen molar-refractivity contribution in [3.8, 4) is 11.5 Å². The molecular weight excluding hydrogens is 294 g/mol. The minimum absolute atomic E-state index is 0.0616. The van der Waals surface area contributed by atoms with Gasteiger partial charge in [-0.25, -0.2) is 0 Å². The molecule has 0 saturated heterocycles. The topological polar surface area (TPSA) is 38.7 Å². The van der Waals surface area contributed by atoms with E-state index in [4.69, 9.17) is 5.11 Å². The van der Waals surface area contributed by atoms with E-state index in [0.29, 0.717) is 6.07 Å². The molecule has 0 spiro atoms. The summed E-state index contributed by atoms with van der Waals surface area (Å²) in [5.74, 6) is -1.59. The molecule has 0 unspecified atom stereocenters. The van der Waals surface area contributed by atoms with E-state index >= 15 is 0 Å². The zero-order chi connectivity index (χ0) is 15.6. The van der Waals surface area contributed by atoms with Crippen LogP contribution in [-0.4, -0.2) is 24.4 Å². The Balaban J connectivity index is 3.14. The lowest BCUT2D eigenvalue weighted by Crippen LogP contribution is -2.19. The first kappa shape index (κ1) is 16.4. The molecule has 0 aliphatic rings. The summed E-state index contributed by atoms with van der Waals surface area (Å²) in [7, 11) is 0. The highest BCUT2D eigenvalue weighted by atomic mass is 19.4. The fourth-order valence-corrected chi connectivity index (χ4v) is 1.29. The Hall–Kier alpha value is -1.64. The molecule has 3 nitrogen and oxygen atoms in total. The van der Waals surface area contributed by atoms with E-state index in [-0.39, 0.29) is 11.5 Å². The second-order valence-electron chi connectivity index (χ2n) is 3.73. The largest absolute Gasteiger partial charge is 0.573 e. The first-order valence-corrected chi connectivity index (χ1v) is 5.10. The lowest BCUT2D eigenvalue weighted by atomic mass is 10.0. The summed E-state index contributed by atoms with van der Waals surface area (Å²) < 4.78 is 79.6. The average molecular weight is 303 g/mol. The van der Waals surface area contributed by atoms with Gasteiger partial charge >= 0.3 is 12.7 Å². The highest BCUT2D eigenvalue weighted by Gasteiger charge is 2.34. The predicted molar refractivity (Wildman–Crippen MR) is 54.9 cm³/mol. The van der Waals surface area contributed by atoms with Crippen molar-refractivity contribution in [1.29, 1.82) is 0 Å². The zero-order valence-electron chi connectivity index (χ0n) is 9.97. The van der Waals surface area contributed by atoms with Crippen LogP contribution in [0, 0.1) is 5.92 Å². The number of hydrogen-bond donors (Lipinski definition) is 1. The SMILES string of the molecule is C[C](CO)c1cc(OC(F)(F)F)cc(OC(F)(F)F)c1. The van der Waals surface area contributed by atoms with Gasteiger partial charge in [0.05, 0.1) is 6.61 Å². The van der Waals surface area contributed by atoms with E-state index in [9.17, 15) is 26.3 Å².